The average molecular weight is 358 g/mol. The van der Waals surface area contributed by atoms with Gasteiger partial charge in [0, 0.05) is 12.2 Å². The number of carbonyl (C=O) groups excluding carboxylic acids is 3. The lowest BCUT2D eigenvalue weighted by Gasteiger charge is -2.13. The van der Waals surface area contributed by atoms with Crippen LogP contribution in [0.25, 0.3) is 0 Å². The number of rotatable bonds is 7. The van der Waals surface area contributed by atoms with Gasteiger partial charge in [-0.2, -0.15) is 0 Å². The van der Waals surface area contributed by atoms with Crippen LogP contribution >= 0.6 is 11.3 Å². The SMILES string of the molecule is C=CCNC(=O)[C@@H](C)OC(=O)c1cccc(NC(=O)c2cccs2)c1. The van der Waals surface area contributed by atoms with Crippen molar-refractivity contribution in [1.29, 1.82) is 0 Å². The van der Waals surface area contributed by atoms with Crippen LogP contribution in [0.5, 0.6) is 0 Å². The van der Waals surface area contributed by atoms with E-state index in [1.54, 1.807) is 30.3 Å². The third-order valence-electron chi connectivity index (χ3n) is 3.17. The number of thiophene rings is 1. The number of carbonyl (C=O) groups is 3. The number of nitrogens with one attached hydrogen (secondary N) is 2. The van der Waals surface area contributed by atoms with Gasteiger partial charge in [0.2, 0.25) is 0 Å². The van der Waals surface area contributed by atoms with Crippen LogP contribution in [0.4, 0.5) is 5.69 Å². The molecule has 0 aliphatic rings. The fourth-order valence-electron chi connectivity index (χ4n) is 1.92. The Balaban J connectivity index is 2.00. The molecule has 1 aromatic heterocycles. The Morgan fingerprint density at radius 2 is 2.08 bits per heavy atom. The minimum absolute atomic E-state index is 0.243. The van der Waals surface area contributed by atoms with Crippen LogP contribution < -0.4 is 10.6 Å². The van der Waals surface area contributed by atoms with E-state index in [2.05, 4.69) is 17.2 Å². The Hall–Kier alpha value is -2.93. The van der Waals surface area contributed by atoms with Crippen molar-refractivity contribution < 1.29 is 19.1 Å². The van der Waals surface area contributed by atoms with E-state index in [0.717, 1.165) is 0 Å². The molecule has 0 bridgehead atoms. The van der Waals surface area contributed by atoms with Gasteiger partial charge in [0.25, 0.3) is 11.8 Å². The molecule has 0 unspecified atom stereocenters. The zero-order chi connectivity index (χ0) is 18.2. The van der Waals surface area contributed by atoms with E-state index in [0.29, 0.717) is 17.1 Å². The fourth-order valence-corrected chi connectivity index (χ4v) is 2.54. The molecule has 0 radical (unpaired) electrons. The molecule has 6 nitrogen and oxygen atoms in total. The van der Waals surface area contributed by atoms with Gasteiger partial charge in [0.1, 0.15) is 0 Å². The summed E-state index contributed by atoms with van der Waals surface area (Å²) in [6.45, 7) is 5.28. The third kappa shape index (κ3) is 5.29. The van der Waals surface area contributed by atoms with Gasteiger partial charge in [-0.1, -0.05) is 18.2 Å². The van der Waals surface area contributed by atoms with E-state index in [-0.39, 0.29) is 11.5 Å². The van der Waals surface area contributed by atoms with Crippen LogP contribution in [0, 0.1) is 0 Å². The van der Waals surface area contributed by atoms with Crippen molar-refractivity contribution in [3.8, 4) is 0 Å². The molecule has 2 amide bonds. The topological polar surface area (TPSA) is 84.5 Å². The molecule has 25 heavy (non-hydrogen) atoms. The van der Waals surface area contributed by atoms with E-state index in [1.165, 1.54) is 30.4 Å². The van der Waals surface area contributed by atoms with Gasteiger partial charge in [-0.3, -0.25) is 9.59 Å². The van der Waals surface area contributed by atoms with Crippen LogP contribution in [0.1, 0.15) is 27.0 Å². The Labute approximate surface area is 149 Å². The molecule has 2 aromatic rings. The lowest BCUT2D eigenvalue weighted by Crippen LogP contribution is -2.35. The number of esters is 1. The first-order chi connectivity index (χ1) is 12.0. The number of benzene rings is 1. The number of hydrogen-bond acceptors (Lipinski definition) is 5. The lowest BCUT2D eigenvalue weighted by atomic mass is 10.2. The van der Waals surface area contributed by atoms with Gasteiger partial charge in [-0.25, -0.2) is 4.79 Å². The van der Waals surface area contributed by atoms with Gasteiger partial charge in [0.05, 0.1) is 10.4 Å². The third-order valence-corrected chi connectivity index (χ3v) is 4.04. The monoisotopic (exact) mass is 358 g/mol. The second-order valence-electron chi connectivity index (χ2n) is 5.09. The molecule has 0 saturated carbocycles. The lowest BCUT2D eigenvalue weighted by molar-refractivity contribution is -0.128. The highest BCUT2D eigenvalue weighted by molar-refractivity contribution is 7.12. The van der Waals surface area contributed by atoms with Crippen molar-refractivity contribution in [2.45, 2.75) is 13.0 Å². The van der Waals surface area contributed by atoms with Crippen molar-refractivity contribution in [3.63, 3.8) is 0 Å². The van der Waals surface area contributed by atoms with Crippen LogP contribution in [0.3, 0.4) is 0 Å². The Morgan fingerprint density at radius 1 is 1.28 bits per heavy atom. The summed E-state index contributed by atoms with van der Waals surface area (Å²) in [7, 11) is 0. The van der Waals surface area contributed by atoms with Crippen LogP contribution in [-0.4, -0.2) is 30.4 Å². The maximum Gasteiger partial charge on any atom is 0.338 e. The zero-order valence-electron chi connectivity index (χ0n) is 13.7. The first-order valence-corrected chi connectivity index (χ1v) is 8.43. The first kappa shape index (κ1) is 18.4. The second kappa shape index (κ2) is 8.79. The summed E-state index contributed by atoms with van der Waals surface area (Å²) in [6, 6.07) is 9.85. The Bertz CT molecular complexity index is 771. The van der Waals surface area contributed by atoms with Gasteiger partial charge < -0.3 is 15.4 Å². The molecule has 0 saturated heterocycles. The summed E-state index contributed by atoms with van der Waals surface area (Å²) in [6.07, 6.45) is 0.600. The molecule has 1 atom stereocenters. The van der Waals surface area contributed by atoms with Crippen molar-refractivity contribution in [1.82, 2.24) is 5.32 Å². The summed E-state index contributed by atoms with van der Waals surface area (Å²) in [4.78, 5) is 36.5. The molecule has 2 rings (SSSR count). The van der Waals surface area contributed by atoms with E-state index < -0.39 is 18.0 Å². The first-order valence-electron chi connectivity index (χ1n) is 7.55. The van der Waals surface area contributed by atoms with E-state index in [1.807, 2.05) is 5.38 Å². The van der Waals surface area contributed by atoms with Gasteiger partial charge in [-0.05, 0) is 36.6 Å². The molecule has 0 spiro atoms. The molecule has 0 aliphatic carbocycles. The fraction of sp³-hybridized carbons (Fsp3) is 0.167. The Morgan fingerprint density at radius 3 is 2.76 bits per heavy atom. The summed E-state index contributed by atoms with van der Waals surface area (Å²) < 4.78 is 5.13. The van der Waals surface area contributed by atoms with E-state index in [9.17, 15) is 14.4 Å². The average Bonchev–Trinajstić information content (AvgIpc) is 3.14. The van der Waals surface area contributed by atoms with Crippen LogP contribution in [0.2, 0.25) is 0 Å². The number of ether oxygens (including phenoxy) is 1. The summed E-state index contributed by atoms with van der Waals surface area (Å²) >= 11 is 1.32. The van der Waals surface area contributed by atoms with Crippen LogP contribution in [-0.2, 0) is 9.53 Å². The molecular weight excluding hydrogens is 340 g/mol. The molecule has 2 N–H and O–H groups in total. The van der Waals surface area contributed by atoms with Gasteiger partial charge in [-0.15, -0.1) is 17.9 Å². The molecule has 130 valence electrons. The predicted molar refractivity (Wildman–Crippen MR) is 96.8 cm³/mol. The summed E-state index contributed by atoms with van der Waals surface area (Å²) in [5.74, 6) is -1.30. The highest BCUT2D eigenvalue weighted by Gasteiger charge is 2.18. The summed E-state index contributed by atoms with van der Waals surface area (Å²) in [5.41, 5.74) is 0.712. The van der Waals surface area contributed by atoms with Crippen molar-refractivity contribution in [2.24, 2.45) is 0 Å². The second-order valence-corrected chi connectivity index (χ2v) is 6.04. The minimum Gasteiger partial charge on any atom is -0.449 e. The highest BCUT2D eigenvalue weighted by Crippen LogP contribution is 2.16. The Kier molecular flexibility index (Phi) is 6.47. The maximum absolute atomic E-state index is 12.2. The van der Waals surface area contributed by atoms with Crippen LogP contribution in [0.15, 0.2) is 54.4 Å². The normalized spacial score (nSPS) is 11.2. The number of anilines is 1. The van der Waals surface area contributed by atoms with Gasteiger partial charge in [0.15, 0.2) is 6.10 Å². The minimum atomic E-state index is -0.934. The smallest absolute Gasteiger partial charge is 0.338 e. The van der Waals surface area contributed by atoms with Crippen molar-refractivity contribution in [3.05, 3.63) is 64.9 Å². The molecule has 0 fully saturated rings. The summed E-state index contributed by atoms with van der Waals surface area (Å²) in [5, 5.41) is 7.08. The predicted octanol–water partition coefficient (Wildman–Crippen LogP) is 2.85. The van der Waals surface area contributed by atoms with E-state index >= 15 is 0 Å². The molecule has 1 heterocycles. The molecule has 0 aliphatic heterocycles. The number of hydrogen-bond donors (Lipinski definition) is 2. The molecule has 1 aromatic carbocycles. The van der Waals surface area contributed by atoms with Crippen molar-refractivity contribution >= 4 is 34.8 Å². The molecular formula is C18H18N2O4S. The highest BCUT2D eigenvalue weighted by atomic mass is 32.1. The number of amides is 2. The zero-order valence-corrected chi connectivity index (χ0v) is 14.5. The maximum atomic E-state index is 12.2. The quantitative estimate of drug-likeness (QED) is 0.589. The van der Waals surface area contributed by atoms with Crippen molar-refractivity contribution in [2.75, 3.05) is 11.9 Å². The van der Waals surface area contributed by atoms with Gasteiger partial charge >= 0.3 is 5.97 Å². The molecule has 7 heteroatoms. The van der Waals surface area contributed by atoms with E-state index in [4.69, 9.17) is 4.74 Å². The standard InChI is InChI=1S/C18H18N2O4S/c1-3-9-19-16(21)12(2)24-18(23)13-6-4-7-14(11-13)20-17(22)15-8-5-10-25-15/h3-8,10-12H,1,9H2,2H3,(H,19,21)(H,20,22)/t12-/m1/s1. The largest absolute Gasteiger partial charge is 0.449 e.